The molecule has 1 aliphatic rings. The standard InChI is InChI=1S/C16H24N2O2.ClH/c1-12-8-13(2)10-15(9-12)20-7-4-16(19)18-6-5-17-11-14(18)3;/h8-10,14,17H,4-7,11H2,1-3H3;1H. The second-order valence-electron chi connectivity index (χ2n) is 5.56. The van der Waals surface area contributed by atoms with Gasteiger partial charge < -0.3 is 15.0 Å². The maximum Gasteiger partial charge on any atom is 0.226 e. The van der Waals surface area contributed by atoms with Crippen molar-refractivity contribution in [2.24, 2.45) is 0 Å². The summed E-state index contributed by atoms with van der Waals surface area (Å²) < 4.78 is 5.70. The Labute approximate surface area is 133 Å². The van der Waals surface area contributed by atoms with Crippen LogP contribution in [0.25, 0.3) is 0 Å². The molecule has 1 atom stereocenters. The Balaban J connectivity index is 0.00000220. The van der Waals surface area contributed by atoms with E-state index in [9.17, 15) is 4.79 Å². The zero-order valence-corrected chi connectivity index (χ0v) is 13.8. The quantitative estimate of drug-likeness (QED) is 0.927. The molecule has 1 fully saturated rings. The van der Waals surface area contributed by atoms with Gasteiger partial charge in [-0.25, -0.2) is 0 Å². The summed E-state index contributed by atoms with van der Waals surface area (Å²) >= 11 is 0. The molecule has 0 saturated carbocycles. The smallest absolute Gasteiger partial charge is 0.226 e. The second kappa shape index (κ2) is 8.25. The average Bonchev–Trinajstić information content (AvgIpc) is 2.38. The van der Waals surface area contributed by atoms with E-state index in [0.29, 0.717) is 13.0 Å². The number of rotatable bonds is 4. The molecule has 118 valence electrons. The first-order valence-corrected chi connectivity index (χ1v) is 7.27. The molecule has 0 spiro atoms. The van der Waals surface area contributed by atoms with Crippen LogP contribution in [0.3, 0.4) is 0 Å². The minimum atomic E-state index is 0. The predicted octanol–water partition coefficient (Wildman–Crippen LogP) is 2.31. The fraction of sp³-hybridized carbons (Fsp3) is 0.562. The molecule has 1 aliphatic heterocycles. The summed E-state index contributed by atoms with van der Waals surface area (Å²) in [6.07, 6.45) is 0.442. The third-order valence-corrected chi connectivity index (χ3v) is 3.60. The van der Waals surface area contributed by atoms with Crippen LogP contribution in [0.5, 0.6) is 5.75 Å². The molecule has 4 nitrogen and oxygen atoms in total. The lowest BCUT2D eigenvalue weighted by molar-refractivity contribution is -0.134. The Morgan fingerprint density at radius 1 is 1.33 bits per heavy atom. The van der Waals surface area contributed by atoms with Gasteiger partial charge in [0.05, 0.1) is 13.0 Å². The summed E-state index contributed by atoms with van der Waals surface area (Å²) in [5.74, 6) is 1.03. The lowest BCUT2D eigenvalue weighted by Crippen LogP contribution is -2.52. The fourth-order valence-electron chi connectivity index (χ4n) is 2.63. The average molecular weight is 313 g/mol. The first-order chi connectivity index (χ1) is 9.56. The number of halogens is 1. The van der Waals surface area contributed by atoms with Crippen LogP contribution in [0.15, 0.2) is 18.2 Å². The number of hydrogen-bond acceptors (Lipinski definition) is 3. The molecule has 0 bridgehead atoms. The van der Waals surface area contributed by atoms with Gasteiger partial charge in [-0.05, 0) is 44.0 Å². The monoisotopic (exact) mass is 312 g/mol. The van der Waals surface area contributed by atoms with E-state index in [1.54, 1.807) is 0 Å². The molecular weight excluding hydrogens is 288 g/mol. The van der Waals surface area contributed by atoms with E-state index in [0.717, 1.165) is 25.4 Å². The molecule has 1 saturated heterocycles. The van der Waals surface area contributed by atoms with Crippen molar-refractivity contribution in [2.75, 3.05) is 26.2 Å². The lowest BCUT2D eigenvalue weighted by Gasteiger charge is -2.34. The lowest BCUT2D eigenvalue weighted by atomic mass is 10.1. The highest BCUT2D eigenvalue weighted by Gasteiger charge is 2.22. The zero-order valence-electron chi connectivity index (χ0n) is 13.0. The zero-order chi connectivity index (χ0) is 14.5. The maximum atomic E-state index is 12.2. The van der Waals surface area contributed by atoms with E-state index < -0.39 is 0 Å². The Kier molecular flexibility index (Phi) is 6.99. The SMILES string of the molecule is Cc1cc(C)cc(OCCC(=O)N2CCNCC2C)c1.Cl. The molecule has 2 rings (SSSR count). The molecule has 0 radical (unpaired) electrons. The Hall–Kier alpha value is -1.26. The van der Waals surface area contributed by atoms with E-state index >= 15 is 0 Å². The molecule has 5 heteroatoms. The van der Waals surface area contributed by atoms with Gasteiger partial charge in [0.1, 0.15) is 5.75 Å². The third-order valence-electron chi connectivity index (χ3n) is 3.60. The summed E-state index contributed by atoms with van der Waals surface area (Å²) in [5, 5.41) is 3.29. The Morgan fingerprint density at radius 3 is 2.62 bits per heavy atom. The second-order valence-corrected chi connectivity index (χ2v) is 5.56. The first-order valence-electron chi connectivity index (χ1n) is 7.27. The number of aryl methyl sites for hydroxylation is 2. The summed E-state index contributed by atoms with van der Waals surface area (Å²) in [4.78, 5) is 14.1. The normalized spacial score (nSPS) is 18.0. The summed E-state index contributed by atoms with van der Waals surface area (Å²) in [5.41, 5.74) is 2.36. The molecule has 1 aromatic carbocycles. The molecule has 1 aromatic rings. The molecule has 1 heterocycles. The highest BCUT2D eigenvalue weighted by atomic mass is 35.5. The van der Waals surface area contributed by atoms with E-state index in [4.69, 9.17) is 4.74 Å². The number of carbonyl (C=O) groups is 1. The predicted molar refractivity (Wildman–Crippen MR) is 87.3 cm³/mol. The van der Waals surface area contributed by atoms with Gasteiger partial charge in [0.25, 0.3) is 0 Å². The summed E-state index contributed by atoms with van der Waals surface area (Å²) in [6.45, 7) is 9.18. The minimum Gasteiger partial charge on any atom is -0.493 e. The van der Waals surface area contributed by atoms with Crippen LogP contribution < -0.4 is 10.1 Å². The summed E-state index contributed by atoms with van der Waals surface area (Å²) in [6, 6.07) is 6.40. The highest BCUT2D eigenvalue weighted by Crippen LogP contribution is 2.16. The van der Waals surface area contributed by atoms with Crippen LogP contribution in [0.2, 0.25) is 0 Å². The number of carbonyl (C=O) groups excluding carboxylic acids is 1. The maximum absolute atomic E-state index is 12.2. The number of nitrogens with zero attached hydrogens (tertiary/aromatic N) is 1. The van der Waals surface area contributed by atoms with Gasteiger partial charge >= 0.3 is 0 Å². The highest BCUT2D eigenvalue weighted by molar-refractivity contribution is 5.85. The van der Waals surface area contributed by atoms with Crippen molar-refractivity contribution in [3.05, 3.63) is 29.3 Å². The first kappa shape index (κ1) is 17.8. The molecule has 0 aliphatic carbocycles. The largest absolute Gasteiger partial charge is 0.493 e. The number of piperazine rings is 1. The number of nitrogens with one attached hydrogen (secondary N) is 1. The topological polar surface area (TPSA) is 41.6 Å². The van der Waals surface area contributed by atoms with Gasteiger partial charge in [-0.3, -0.25) is 4.79 Å². The van der Waals surface area contributed by atoms with E-state index in [1.165, 1.54) is 11.1 Å². The molecule has 21 heavy (non-hydrogen) atoms. The van der Waals surface area contributed by atoms with Gasteiger partial charge in [0, 0.05) is 25.7 Å². The Morgan fingerprint density at radius 2 is 2.00 bits per heavy atom. The van der Waals surface area contributed by atoms with E-state index in [2.05, 4.69) is 18.3 Å². The van der Waals surface area contributed by atoms with Crippen molar-refractivity contribution in [3.63, 3.8) is 0 Å². The van der Waals surface area contributed by atoms with Crippen LogP contribution in [0, 0.1) is 13.8 Å². The van der Waals surface area contributed by atoms with Gasteiger partial charge in [0.2, 0.25) is 5.91 Å². The van der Waals surface area contributed by atoms with Gasteiger partial charge in [-0.2, -0.15) is 0 Å². The van der Waals surface area contributed by atoms with Crippen LogP contribution >= 0.6 is 12.4 Å². The van der Waals surface area contributed by atoms with Gasteiger partial charge in [-0.1, -0.05) is 6.07 Å². The minimum absolute atomic E-state index is 0. The van der Waals surface area contributed by atoms with Crippen molar-refractivity contribution >= 4 is 18.3 Å². The van der Waals surface area contributed by atoms with Crippen LogP contribution in [-0.2, 0) is 4.79 Å². The van der Waals surface area contributed by atoms with Crippen LogP contribution in [0.4, 0.5) is 0 Å². The van der Waals surface area contributed by atoms with Crippen molar-refractivity contribution in [2.45, 2.75) is 33.2 Å². The number of ether oxygens (including phenoxy) is 1. The number of benzene rings is 1. The number of amides is 1. The molecule has 0 aromatic heterocycles. The van der Waals surface area contributed by atoms with Gasteiger partial charge in [-0.15, -0.1) is 12.4 Å². The van der Waals surface area contributed by atoms with Crippen molar-refractivity contribution in [1.82, 2.24) is 10.2 Å². The van der Waals surface area contributed by atoms with Crippen LogP contribution in [0.1, 0.15) is 24.5 Å². The number of hydrogen-bond donors (Lipinski definition) is 1. The molecule has 1 N–H and O–H groups in total. The van der Waals surface area contributed by atoms with Gasteiger partial charge in [0.15, 0.2) is 0 Å². The van der Waals surface area contributed by atoms with Crippen LogP contribution in [-0.4, -0.2) is 43.1 Å². The molecule has 1 unspecified atom stereocenters. The summed E-state index contributed by atoms with van der Waals surface area (Å²) in [7, 11) is 0. The van der Waals surface area contributed by atoms with E-state index in [1.807, 2.05) is 30.9 Å². The van der Waals surface area contributed by atoms with Crippen molar-refractivity contribution in [1.29, 1.82) is 0 Å². The Bertz CT molecular complexity index is 459. The van der Waals surface area contributed by atoms with E-state index in [-0.39, 0.29) is 24.4 Å². The molecule has 1 amide bonds. The fourth-order valence-corrected chi connectivity index (χ4v) is 2.63. The molecular formula is C16H25ClN2O2. The van der Waals surface area contributed by atoms with Crippen molar-refractivity contribution < 1.29 is 9.53 Å². The third kappa shape index (κ3) is 5.21. The van der Waals surface area contributed by atoms with Crippen molar-refractivity contribution in [3.8, 4) is 5.75 Å².